The first kappa shape index (κ1) is 22.8. The zero-order chi connectivity index (χ0) is 24.6. The van der Waals surface area contributed by atoms with Gasteiger partial charge in [0.2, 0.25) is 5.91 Å². The van der Waals surface area contributed by atoms with Crippen LogP contribution in [-0.4, -0.2) is 34.1 Å². The molecule has 1 aliphatic rings. The molecule has 0 radical (unpaired) electrons. The second-order valence-corrected chi connectivity index (χ2v) is 8.24. The van der Waals surface area contributed by atoms with Gasteiger partial charge in [0.15, 0.2) is 0 Å². The van der Waals surface area contributed by atoms with E-state index in [0.717, 1.165) is 12.1 Å². The number of alkyl halides is 3. The summed E-state index contributed by atoms with van der Waals surface area (Å²) >= 11 is 0. The van der Waals surface area contributed by atoms with Crippen LogP contribution in [0.2, 0.25) is 0 Å². The van der Waals surface area contributed by atoms with Gasteiger partial charge in [-0.25, -0.2) is 9.37 Å². The molecule has 0 atom stereocenters. The molecule has 0 bridgehead atoms. The first-order chi connectivity index (χ1) is 16.8. The van der Waals surface area contributed by atoms with E-state index in [-0.39, 0.29) is 23.3 Å². The minimum atomic E-state index is -4.48. The third kappa shape index (κ3) is 4.66. The zero-order valence-corrected chi connectivity index (χ0v) is 18.2. The summed E-state index contributed by atoms with van der Waals surface area (Å²) in [6.45, 7) is 0.974. The number of nitrogens with one attached hydrogen (secondary N) is 1. The third-order valence-corrected chi connectivity index (χ3v) is 5.99. The predicted molar refractivity (Wildman–Crippen MR) is 120 cm³/mol. The Morgan fingerprint density at radius 1 is 1.06 bits per heavy atom. The van der Waals surface area contributed by atoms with E-state index in [1.807, 2.05) is 4.90 Å². The fourth-order valence-electron chi connectivity index (χ4n) is 4.19. The number of nitrogens with zero attached hydrogens (tertiary/aromatic N) is 4. The Kier molecular flexibility index (Phi) is 5.83. The van der Waals surface area contributed by atoms with Crippen LogP contribution in [0.4, 0.5) is 29.1 Å². The van der Waals surface area contributed by atoms with Crippen molar-refractivity contribution in [1.29, 1.82) is 0 Å². The number of carbonyl (C=O) groups excluding carboxylic acids is 1. The Labute approximate surface area is 196 Å². The Hall–Kier alpha value is -4.02. The maximum Gasteiger partial charge on any atom is 0.416 e. The Balaban J connectivity index is 1.31. The monoisotopic (exact) mass is 485 g/mol. The molecule has 0 saturated carbocycles. The van der Waals surface area contributed by atoms with E-state index in [1.165, 1.54) is 30.6 Å². The number of hydrogen-bond donors (Lipinski definition) is 1. The van der Waals surface area contributed by atoms with Crippen LogP contribution in [0.25, 0.3) is 22.4 Å². The number of hydrogen-bond acceptors (Lipinski definition) is 6. The molecule has 0 aliphatic carbocycles. The van der Waals surface area contributed by atoms with Crippen molar-refractivity contribution < 1.29 is 26.9 Å². The number of aromatic nitrogens is 3. The summed E-state index contributed by atoms with van der Waals surface area (Å²) in [5, 5.41) is 7.28. The quantitative estimate of drug-likeness (QED) is 0.395. The topological polar surface area (TPSA) is 84.2 Å². The number of piperidine rings is 1. The highest BCUT2D eigenvalue weighted by Crippen LogP contribution is 2.35. The van der Waals surface area contributed by atoms with Crippen molar-refractivity contribution in [3.05, 3.63) is 66.2 Å². The van der Waals surface area contributed by atoms with Gasteiger partial charge in [-0.3, -0.25) is 4.79 Å². The lowest BCUT2D eigenvalue weighted by Gasteiger charge is -2.32. The SMILES string of the molecule is O=C(Nc1cccc(C(F)(F)F)c1)C1CCN(c2ncnc3onc(-c4ccc(F)cc4)c23)CC1. The van der Waals surface area contributed by atoms with E-state index in [1.54, 1.807) is 12.1 Å². The standard InChI is InChI=1S/C24H19F4N5O2/c25-17-6-4-14(5-7-17)20-19-21(29-13-30-23(19)35-32-20)33-10-8-15(9-11-33)22(34)31-18-3-1-2-16(12-18)24(26,27)28/h1-7,12-13,15H,8-11H2,(H,31,34). The number of carbonyl (C=O) groups is 1. The van der Waals surface area contributed by atoms with Gasteiger partial charge in [0.05, 0.1) is 5.56 Å². The first-order valence-electron chi connectivity index (χ1n) is 10.9. The van der Waals surface area contributed by atoms with Gasteiger partial charge in [0.1, 0.15) is 29.0 Å². The van der Waals surface area contributed by atoms with Crippen molar-refractivity contribution in [2.75, 3.05) is 23.3 Å². The zero-order valence-electron chi connectivity index (χ0n) is 18.2. The molecular formula is C24H19F4N5O2. The van der Waals surface area contributed by atoms with Gasteiger partial charge >= 0.3 is 6.18 Å². The van der Waals surface area contributed by atoms with Crippen LogP contribution < -0.4 is 10.2 Å². The van der Waals surface area contributed by atoms with Crippen LogP contribution >= 0.6 is 0 Å². The third-order valence-electron chi connectivity index (χ3n) is 5.99. The lowest BCUT2D eigenvalue weighted by molar-refractivity contribution is -0.137. The molecule has 1 saturated heterocycles. The minimum absolute atomic E-state index is 0.109. The van der Waals surface area contributed by atoms with Gasteiger partial charge in [0.25, 0.3) is 5.71 Å². The summed E-state index contributed by atoms with van der Waals surface area (Å²) in [7, 11) is 0. The fraction of sp³-hybridized carbons (Fsp3) is 0.250. The van der Waals surface area contributed by atoms with Crippen molar-refractivity contribution in [1.82, 2.24) is 15.1 Å². The number of anilines is 2. The van der Waals surface area contributed by atoms with Crippen LogP contribution in [0.5, 0.6) is 0 Å². The Morgan fingerprint density at radius 2 is 1.80 bits per heavy atom. The number of rotatable bonds is 4. The molecule has 2 aromatic heterocycles. The highest BCUT2D eigenvalue weighted by atomic mass is 19.4. The van der Waals surface area contributed by atoms with E-state index >= 15 is 0 Å². The van der Waals surface area contributed by atoms with Crippen LogP contribution in [0.1, 0.15) is 18.4 Å². The number of fused-ring (bicyclic) bond motifs is 1. The summed E-state index contributed by atoms with van der Waals surface area (Å²) in [6.07, 6.45) is -2.16. The Bertz CT molecular complexity index is 1360. The summed E-state index contributed by atoms with van der Waals surface area (Å²) in [6, 6.07) is 10.4. The average Bonchev–Trinajstić information content (AvgIpc) is 3.29. The van der Waals surface area contributed by atoms with E-state index in [0.29, 0.717) is 54.1 Å². The summed E-state index contributed by atoms with van der Waals surface area (Å²) in [5.41, 5.74) is 0.719. The molecule has 1 amide bonds. The van der Waals surface area contributed by atoms with Crippen LogP contribution in [0.3, 0.4) is 0 Å². The van der Waals surface area contributed by atoms with Gasteiger partial charge in [-0.15, -0.1) is 0 Å². The van der Waals surface area contributed by atoms with Gasteiger partial charge in [0, 0.05) is 30.3 Å². The molecule has 1 fully saturated rings. The van der Waals surface area contributed by atoms with Crippen molar-refractivity contribution in [2.24, 2.45) is 5.92 Å². The fourth-order valence-corrected chi connectivity index (χ4v) is 4.19. The van der Waals surface area contributed by atoms with E-state index < -0.39 is 11.7 Å². The van der Waals surface area contributed by atoms with Crippen molar-refractivity contribution in [3.63, 3.8) is 0 Å². The molecule has 3 heterocycles. The lowest BCUT2D eigenvalue weighted by Crippen LogP contribution is -2.38. The lowest BCUT2D eigenvalue weighted by atomic mass is 9.95. The summed E-state index contributed by atoms with van der Waals surface area (Å²) < 4.78 is 57.6. The molecule has 0 unspecified atom stereocenters. The molecular weight excluding hydrogens is 466 g/mol. The van der Waals surface area contributed by atoms with Crippen LogP contribution in [-0.2, 0) is 11.0 Å². The van der Waals surface area contributed by atoms with Crippen LogP contribution in [0, 0.1) is 11.7 Å². The summed E-state index contributed by atoms with van der Waals surface area (Å²) in [4.78, 5) is 23.2. The maximum absolute atomic E-state index is 13.4. The first-order valence-corrected chi connectivity index (χ1v) is 10.9. The molecule has 11 heteroatoms. The van der Waals surface area contributed by atoms with Gasteiger partial charge in [-0.2, -0.15) is 18.2 Å². The van der Waals surface area contributed by atoms with Crippen molar-refractivity contribution in [2.45, 2.75) is 19.0 Å². The molecule has 1 aliphatic heterocycles. The molecule has 4 aromatic rings. The number of halogens is 4. The molecule has 1 N–H and O–H groups in total. The van der Waals surface area contributed by atoms with E-state index in [4.69, 9.17) is 4.52 Å². The van der Waals surface area contributed by atoms with Gasteiger partial charge in [-0.1, -0.05) is 11.2 Å². The highest BCUT2D eigenvalue weighted by Gasteiger charge is 2.31. The minimum Gasteiger partial charge on any atom is -0.356 e. The van der Waals surface area contributed by atoms with Crippen molar-refractivity contribution in [3.8, 4) is 11.3 Å². The average molecular weight is 485 g/mol. The van der Waals surface area contributed by atoms with Crippen LogP contribution in [0.15, 0.2) is 59.4 Å². The number of benzene rings is 2. The predicted octanol–water partition coefficient (Wildman–Crippen LogP) is 5.30. The van der Waals surface area contributed by atoms with E-state index in [2.05, 4.69) is 20.4 Å². The highest BCUT2D eigenvalue weighted by molar-refractivity contribution is 5.98. The second-order valence-electron chi connectivity index (χ2n) is 8.24. The number of amides is 1. The van der Waals surface area contributed by atoms with E-state index in [9.17, 15) is 22.4 Å². The Morgan fingerprint density at radius 3 is 2.51 bits per heavy atom. The normalized spacial score (nSPS) is 14.9. The molecule has 7 nitrogen and oxygen atoms in total. The molecule has 2 aromatic carbocycles. The second kappa shape index (κ2) is 8.97. The van der Waals surface area contributed by atoms with Crippen molar-refractivity contribution >= 4 is 28.5 Å². The van der Waals surface area contributed by atoms with Gasteiger partial charge < -0.3 is 14.7 Å². The largest absolute Gasteiger partial charge is 0.416 e. The molecule has 5 rings (SSSR count). The molecule has 180 valence electrons. The summed E-state index contributed by atoms with van der Waals surface area (Å²) in [5.74, 6) is -0.471. The molecule has 35 heavy (non-hydrogen) atoms. The van der Waals surface area contributed by atoms with Gasteiger partial charge in [-0.05, 0) is 55.3 Å². The molecule has 0 spiro atoms. The smallest absolute Gasteiger partial charge is 0.356 e. The maximum atomic E-state index is 13.4.